The third kappa shape index (κ3) is 1.84. The van der Waals surface area contributed by atoms with E-state index in [2.05, 4.69) is 0 Å². The molecule has 0 fully saturated rings. The number of nitro groups is 1. The summed E-state index contributed by atoms with van der Waals surface area (Å²) in [6.45, 7) is 0. The van der Waals surface area contributed by atoms with Crippen LogP contribution in [0, 0.1) is 10.1 Å². The van der Waals surface area contributed by atoms with Crippen molar-refractivity contribution in [3.8, 4) is 0 Å². The largest absolute Gasteiger partial charge is 0.477 e. The fourth-order valence-corrected chi connectivity index (χ4v) is 1.62. The Balaban J connectivity index is 3.26. The maximum Gasteiger partial charge on any atom is 0.346 e. The molecule has 76 valence electrons. The molecule has 1 N–H and O–H groups in total. The van der Waals surface area contributed by atoms with Crippen molar-refractivity contribution in [1.29, 1.82) is 0 Å². The van der Waals surface area contributed by atoms with Crippen LogP contribution in [0.5, 0.6) is 0 Å². The van der Waals surface area contributed by atoms with Crippen LogP contribution in [0.15, 0.2) is 6.07 Å². The van der Waals surface area contributed by atoms with E-state index in [4.69, 9.17) is 5.11 Å². The number of carboxylic acids is 1. The zero-order chi connectivity index (χ0) is 10.9. The number of hydrogen-bond donors (Lipinski definition) is 1. The fourth-order valence-electron chi connectivity index (χ4n) is 0.800. The molecule has 0 aliphatic carbocycles. The molecular formula is C6H3F2NO4S. The Bertz CT molecular complexity index is 389. The summed E-state index contributed by atoms with van der Waals surface area (Å²) < 4.78 is 24.4. The molecule has 0 bridgehead atoms. The average molecular weight is 223 g/mol. The maximum absolute atomic E-state index is 12.2. The van der Waals surface area contributed by atoms with Crippen molar-refractivity contribution >= 4 is 23.0 Å². The Kier molecular flexibility index (Phi) is 2.75. The third-order valence-corrected chi connectivity index (χ3v) is 2.47. The van der Waals surface area contributed by atoms with Gasteiger partial charge in [0.2, 0.25) is 0 Å². The Morgan fingerprint density at radius 1 is 1.64 bits per heavy atom. The minimum atomic E-state index is -3.03. The smallest absolute Gasteiger partial charge is 0.346 e. The molecule has 1 rings (SSSR count). The number of rotatable bonds is 3. The van der Waals surface area contributed by atoms with Gasteiger partial charge in [0, 0.05) is 6.07 Å². The van der Waals surface area contributed by atoms with Gasteiger partial charge in [-0.15, -0.1) is 11.3 Å². The number of hydrogen-bond acceptors (Lipinski definition) is 4. The summed E-state index contributed by atoms with van der Waals surface area (Å²) in [5.74, 6) is -1.45. The number of halogens is 2. The van der Waals surface area contributed by atoms with Gasteiger partial charge in [-0.1, -0.05) is 0 Å². The molecular weight excluding hydrogens is 220 g/mol. The van der Waals surface area contributed by atoms with E-state index in [0.29, 0.717) is 6.07 Å². The molecule has 0 saturated carbocycles. The number of aromatic carboxylic acids is 1. The van der Waals surface area contributed by atoms with E-state index in [9.17, 15) is 23.7 Å². The molecule has 0 radical (unpaired) electrons. The Labute approximate surface area is 79.7 Å². The monoisotopic (exact) mass is 223 g/mol. The van der Waals surface area contributed by atoms with E-state index in [1.807, 2.05) is 0 Å². The predicted octanol–water partition coefficient (Wildman–Crippen LogP) is 2.29. The summed E-state index contributed by atoms with van der Waals surface area (Å²) in [6.07, 6.45) is -3.03. The quantitative estimate of drug-likeness (QED) is 0.629. The van der Waals surface area contributed by atoms with E-state index < -0.39 is 32.8 Å². The number of nitrogens with zero attached hydrogens (tertiary/aromatic N) is 1. The first-order valence-corrected chi connectivity index (χ1v) is 4.04. The molecule has 0 atom stereocenters. The van der Waals surface area contributed by atoms with Crippen LogP contribution in [0.25, 0.3) is 0 Å². The molecule has 1 aromatic rings. The molecule has 0 unspecified atom stereocenters. The Morgan fingerprint density at radius 3 is 2.50 bits per heavy atom. The lowest BCUT2D eigenvalue weighted by molar-refractivity contribution is -0.385. The molecule has 1 aromatic heterocycles. The summed E-state index contributed by atoms with van der Waals surface area (Å²) in [6, 6.07) is 0.633. The normalized spacial score (nSPS) is 10.5. The van der Waals surface area contributed by atoms with Crippen molar-refractivity contribution in [1.82, 2.24) is 0 Å². The van der Waals surface area contributed by atoms with Gasteiger partial charge in [-0.2, -0.15) is 0 Å². The van der Waals surface area contributed by atoms with Crippen molar-refractivity contribution in [2.45, 2.75) is 6.43 Å². The lowest BCUT2D eigenvalue weighted by Gasteiger charge is -1.92. The molecule has 0 amide bonds. The van der Waals surface area contributed by atoms with Gasteiger partial charge < -0.3 is 5.11 Å². The Hall–Kier alpha value is -1.57. The second kappa shape index (κ2) is 3.66. The Morgan fingerprint density at radius 2 is 2.21 bits per heavy atom. The van der Waals surface area contributed by atoms with E-state index >= 15 is 0 Å². The number of carboxylic acid groups (broad SMARTS) is 1. The molecule has 0 saturated heterocycles. The summed E-state index contributed by atoms with van der Waals surface area (Å²) in [5.41, 5.74) is -0.845. The SMILES string of the molecule is O=C(O)c1cc([N+](=O)[O-])c(C(F)F)s1. The predicted molar refractivity (Wildman–Crippen MR) is 42.9 cm³/mol. The first kappa shape index (κ1) is 10.5. The highest BCUT2D eigenvalue weighted by Crippen LogP contribution is 2.36. The van der Waals surface area contributed by atoms with Gasteiger partial charge >= 0.3 is 5.97 Å². The topological polar surface area (TPSA) is 80.4 Å². The van der Waals surface area contributed by atoms with E-state index in [1.165, 1.54) is 0 Å². The molecule has 8 heteroatoms. The molecule has 5 nitrogen and oxygen atoms in total. The van der Waals surface area contributed by atoms with Crippen LogP contribution in [-0.2, 0) is 0 Å². The van der Waals surface area contributed by atoms with Gasteiger partial charge in [0.1, 0.15) is 9.75 Å². The van der Waals surface area contributed by atoms with Gasteiger partial charge in [0.15, 0.2) is 0 Å². The van der Waals surface area contributed by atoms with Crippen LogP contribution in [0.3, 0.4) is 0 Å². The van der Waals surface area contributed by atoms with Crippen molar-refractivity contribution in [2.24, 2.45) is 0 Å². The lowest BCUT2D eigenvalue weighted by atomic mass is 10.3. The second-order valence-corrected chi connectivity index (χ2v) is 3.31. The van der Waals surface area contributed by atoms with E-state index in [1.54, 1.807) is 0 Å². The summed E-state index contributed by atoms with van der Waals surface area (Å²) >= 11 is 0.213. The van der Waals surface area contributed by atoms with Crippen LogP contribution in [0.4, 0.5) is 14.5 Å². The van der Waals surface area contributed by atoms with Crippen LogP contribution >= 0.6 is 11.3 Å². The van der Waals surface area contributed by atoms with Crippen LogP contribution in [0.1, 0.15) is 21.0 Å². The molecule has 0 aromatic carbocycles. The molecule has 0 aliphatic rings. The van der Waals surface area contributed by atoms with E-state index in [-0.39, 0.29) is 11.3 Å². The third-order valence-electron chi connectivity index (χ3n) is 1.35. The highest BCUT2D eigenvalue weighted by Gasteiger charge is 2.27. The summed E-state index contributed by atoms with van der Waals surface area (Å²) in [7, 11) is 0. The van der Waals surface area contributed by atoms with Crippen LogP contribution in [0.2, 0.25) is 0 Å². The number of alkyl halides is 2. The minimum Gasteiger partial charge on any atom is -0.477 e. The van der Waals surface area contributed by atoms with Crippen LogP contribution < -0.4 is 0 Å². The zero-order valence-electron chi connectivity index (χ0n) is 6.44. The van der Waals surface area contributed by atoms with E-state index in [0.717, 1.165) is 0 Å². The molecule has 14 heavy (non-hydrogen) atoms. The van der Waals surface area contributed by atoms with Crippen molar-refractivity contribution < 1.29 is 23.6 Å². The highest BCUT2D eigenvalue weighted by atomic mass is 32.1. The minimum absolute atomic E-state index is 0.213. The van der Waals surface area contributed by atoms with Gasteiger partial charge in [-0.3, -0.25) is 10.1 Å². The lowest BCUT2D eigenvalue weighted by Crippen LogP contribution is -1.91. The van der Waals surface area contributed by atoms with Crippen molar-refractivity contribution in [3.63, 3.8) is 0 Å². The summed E-state index contributed by atoms with van der Waals surface area (Å²) in [5, 5.41) is 18.7. The zero-order valence-corrected chi connectivity index (χ0v) is 7.25. The molecule has 0 aliphatic heterocycles. The average Bonchev–Trinajstić information content (AvgIpc) is 2.47. The van der Waals surface area contributed by atoms with Crippen molar-refractivity contribution in [3.05, 3.63) is 25.9 Å². The first-order valence-electron chi connectivity index (χ1n) is 3.23. The fraction of sp³-hybridized carbons (Fsp3) is 0.167. The number of carbonyl (C=O) groups is 1. The maximum atomic E-state index is 12.2. The van der Waals surface area contributed by atoms with Crippen molar-refractivity contribution in [2.75, 3.05) is 0 Å². The standard InChI is InChI=1S/C6H3F2NO4S/c7-5(8)4-2(9(12)13)1-3(14-4)6(10)11/h1,5H,(H,10,11). The second-order valence-electron chi connectivity index (χ2n) is 2.22. The summed E-state index contributed by atoms with van der Waals surface area (Å²) in [4.78, 5) is 18.3. The highest BCUT2D eigenvalue weighted by molar-refractivity contribution is 7.14. The van der Waals surface area contributed by atoms with Gasteiger partial charge in [0.05, 0.1) is 4.92 Å². The van der Waals surface area contributed by atoms with Crippen LogP contribution in [-0.4, -0.2) is 16.0 Å². The molecule has 1 heterocycles. The first-order chi connectivity index (χ1) is 6.43. The molecule has 0 spiro atoms. The number of thiophene rings is 1. The van der Waals surface area contributed by atoms with Gasteiger partial charge in [0.25, 0.3) is 12.1 Å². The van der Waals surface area contributed by atoms with Gasteiger partial charge in [-0.25, -0.2) is 13.6 Å². The van der Waals surface area contributed by atoms with Gasteiger partial charge in [-0.05, 0) is 0 Å².